The molecule has 0 unspecified atom stereocenters. The zero-order valence-electron chi connectivity index (χ0n) is 7.68. The highest BCUT2D eigenvalue weighted by atomic mass is 16.1. The average Bonchev–Trinajstić information content (AvgIpc) is 1.89. The Morgan fingerprint density at radius 2 is 1.45 bits per heavy atom. The minimum absolute atomic E-state index is 0.0185. The first kappa shape index (κ1) is 12.7. The molecule has 0 N–H and O–H groups in total. The molecule has 0 fully saturated rings. The third-order valence-electron chi connectivity index (χ3n) is 1.10. The van der Waals surface area contributed by atoms with E-state index in [0.717, 1.165) is 0 Å². The van der Waals surface area contributed by atoms with Gasteiger partial charge in [-0.25, -0.2) is 0 Å². The number of hydrogen-bond acceptors (Lipinski definition) is 2. The van der Waals surface area contributed by atoms with E-state index in [9.17, 15) is 9.59 Å². The topological polar surface area (TPSA) is 34.1 Å². The van der Waals surface area contributed by atoms with Crippen molar-refractivity contribution >= 4 is 11.6 Å². The molecule has 0 aromatic heterocycles. The Morgan fingerprint density at radius 3 is 1.45 bits per heavy atom. The SMILES string of the molecule is C=CC(C)=O.CC(=O)C(C)C. The van der Waals surface area contributed by atoms with Gasteiger partial charge in [0.05, 0.1) is 0 Å². The lowest BCUT2D eigenvalue weighted by Crippen LogP contribution is -1.98. The van der Waals surface area contributed by atoms with E-state index >= 15 is 0 Å². The van der Waals surface area contributed by atoms with Crippen LogP contribution >= 0.6 is 0 Å². The van der Waals surface area contributed by atoms with Crippen LogP contribution in [0.4, 0.5) is 0 Å². The number of hydrogen-bond donors (Lipinski definition) is 0. The Balaban J connectivity index is 0. The van der Waals surface area contributed by atoms with Crippen molar-refractivity contribution < 1.29 is 9.59 Å². The van der Waals surface area contributed by atoms with Crippen molar-refractivity contribution in [2.75, 3.05) is 0 Å². The zero-order valence-corrected chi connectivity index (χ0v) is 7.68. The first-order valence-corrected chi connectivity index (χ1v) is 3.55. The summed E-state index contributed by atoms with van der Waals surface area (Å²) in [5, 5.41) is 0. The third kappa shape index (κ3) is 17.6. The highest BCUT2D eigenvalue weighted by Crippen LogP contribution is 1.89. The summed E-state index contributed by atoms with van der Waals surface area (Å²) in [6.45, 7) is 10.1. The minimum Gasteiger partial charge on any atom is -0.300 e. The van der Waals surface area contributed by atoms with Gasteiger partial charge in [-0.3, -0.25) is 9.59 Å². The van der Waals surface area contributed by atoms with Crippen LogP contribution in [0.2, 0.25) is 0 Å². The second-order valence-electron chi connectivity index (χ2n) is 2.58. The van der Waals surface area contributed by atoms with Crippen LogP contribution < -0.4 is 0 Å². The number of allylic oxidation sites excluding steroid dienone is 1. The van der Waals surface area contributed by atoms with E-state index in [1.54, 1.807) is 6.92 Å². The normalized spacial score (nSPS) is 8.09. The number of ketones is 2. The zero-order chi connectivity index (χ0) is 9.44. The Hall–Kier alpha value is -0.920. The minimum atomic E-state index is 0.0185. The predicted octanol–water partition coefficient (Wildman–Crippen LogP) is 1.99. The molecule has 11 heavy (non-hydrogen) atoms. The summed E-state index contributed by atoms with van der Waals surface area (Å²) in [4.78, 5) is 19.8. The number of carbonyl (C=O) groups excluding carboxylic acids is 2. The number of carbonyl (C=O) groups is 2. The highest BCUT2D eigenvalue weighted by Gasteiger charge is 1.95. The Morgan fingerprint density at radius 1 is 1.27 bits per heavy atom. The van der Waals surface area contributed by atoms with Crippen LogP contribution in [0.1, 0.15) is 27.7 Å². The van der Waals surface area contributed by atoms with Gasteiger partial charge in [0.25, 0.3) is 0 Å². The first-order valence-electron chi connectivity index (χ1n) is 3.55. The quantitative estimate of drug-likeness (QED) is 0.573. The van der Waals surface area contributed by atoms with Crippen molar-refractivity contribution in [1.82, 2.24) is 0 Å². The molecule has 0 spiro atoms. The summed E-state index contributed by atoms with van der Waals surface area (Å²) in [5.41, 5.74) is 0. The van der Waals surface area contributed by atoms with Gasteiger partial charge in [-0.05, 0) is 19.9 Å². The molecule has 0 saturated heterocycles. The summed E-state index contributed by atoms with van der Waals surface area (Å²) in [7, 11) is 0. The van der Waals surface area contributed by atoms with E-state index in [4.69, 9.17) is 0 Å². The first-order chi connectivity index (χ1) is 4.91. The van der Waals surface area contributed by atoms with Crippen LogP contribution in [-0.2, 0) is 9.59 Å². The standard InChI is InChI=1S/C5H10O.C4H6O/c1-4(2)5(3)6;1-3-4(2)5/h4H,1-3H3;3H,1H2,2H3. The Kier molecular flexibility index (Phi) is 8.32. The van der Waals surface area contributed by atoms with Crippen LogP contribution in [0.5, 0.6) is 0 Å². The van der Waals surface area contributed by atoms with Gasteiger partial charge in [-0.1, -0.05) is 20.4 Å². The van der Waals surface area contributed by atoms with E-state index in [2.05, 4.69) is 6.58 Å². The fraction of sp³-hybridized carbons (Fsp3) is 0.556. The average molecular weight is 156 g/mol. The molecule has 0 aliphatic heterocycles. The molecule has 0 radical (unpaired) electrons. The fourth-order valence-electron chi connectivity index (χ4n) is 0. The third-order valence-corrected chi connectivity index (χ3v) is 1.10. The van der Waals surface area contributed by atoms with Crippen molar-refractivity contribution in [2.24, 2.45) is 5.92 Å². The van der Waals surface area contributed by atoms with Gasteiger partial charge >= 0.3 is 0 Å². The lowest BCUT2D eigenvalue weighted by atomic mass is 10.1. The van der Waals surface area contributed by atoms with Gasteiger partial charge in [-0.2, -0.15) is 0 Å². The van der Waals surface area contributed by atoms with Crippen LogP contribution in [0.15, 0.2) is 12.7 Å². The van der Waals surface area contributed by atoms with E-state index in [1.807, 2.05) is 13.8 Å². The van der Waals surface area contributed by atoms with Gasteiger partial charge in [0.1, 0.15) is 5.78 Å². The maximum absolute atomic E-state index is 10.1. The Labute approximate surface area is 68.3 Å². The largest absolute Gasteiger partial charge is 0.300 e. The monoisotopic (exact) mass is 156 g/mol. The molecular formula is C9H16O2. The lowest BCUT2D eigenvalue weighted by molar-refractivity contribution is -0.119. The van der Waals surface area contributed by atoms with Gasteiger partial charge in [-0.15, -0.1) is 0 Å². The smallest absolute Gasteiger partial charge is 0.152 e. The molecule has 2 nitrogen and oxygen atoms in total. The summed E-state index contributed by atoms with van der Waals surface area (Å²) in [6, 6.07) is 0. The van der Waals surface area contributed by atoms with Crippen molar-refractivity contribution in [1.29, 1.82) is 0 Å². The molecule has 0 aromatic carbocycles. The molecule has 64 valence electrons. The molecule has 0 rings (SSSR count). The van der Waals surface area contributed by atoms with E-state index < -0.39 is 0 Å². The van der Waals surface area contributed by atoms with Crippen LogP contribution in [-0.4, -0.2) is 11.6 Å². The number of Topliss-reactive ketones (excluding diaryl/α,β-unsaturated/α-hetero) is 1. The van der Waals surface area contributed by atoms with Crippen LogP contribution in [0.25, 0.3) is 0 Å². The van der Waals surface area contributed by atoms with E-state index in [-0.39, 0.29) is 17.5 Å². The summed E-state index contributed by atoms with van der Waals surface area (Å²) in [5.74, 6) is 0.491. The van der Waals surface area contributed by atoms with Crippen LogP contribution in [0.3, 0.4) is 0 Å². The lowest BCUT2D eigenvalue weighted by Gasteiger charge is -1.90. The van der Waals surface area contributed by atoms with Crippen molar-refractivity contribution in [3.63, 3.8) is 0 Å². The maximum atomic E-state index is 10.1. The van der Waals surface area contributed by atoms with Crippen molar-refractivity contribution in [3.8, 4) is 0 Å². The molecule has 2 heteroatoms. The summed E-state index contributed by atoms with van der Waals surface area (Å²) >= 11 is 0. The van der Waals surface area contributed by atoms with E-state index in [1.165, 1.54) is 13.0 Å². The van der Waals surface area contributed by atoms with Gasteiger partial charge in [0.15, 0.2) is 5.78 Å². The number of rotatable bonds is 2. The second kappa shape index (κ2) is 7.19. The molecule has 0 aliphatic carbocycles. The molecule has 0 atom stereocenters. The van der Waals surface area contributed by atoms with Gasteiger partial charge < -0.3 is 0 Å². The molecule has 0 amide bonds. The van der Waals surface area contributed by atoms with Crippen LogP contribution in [0, 0.1) is 5.92 Å². The molecule has 0 aliphatic rings. The second-order valence-corrected chi connectivity index (χ2v) is 2.58. The Bertz CT molecular complexity index is 146. The maximum Gasteiger partial charge on any atom is 0.152 e. The highest BCUT2D eigenvalue weighted by molar-refractivity contribution is 5.86. The van der Waals surface area contributed by atoms with Crippen molar-refractivity contribution in [3.05, 3.63) is 12.7 Å². The molecule has 0 aromatic rings. The molecule has 0 heterocycles. The summed E-state index contributed by atoms with van der Waals surface area (Å²) < 4.78 is 0. The molecular weight excluding hydrogens is 140 g/mol. The summed E-state index contributed by atoms with van der Waals surface area (Å²) in [6.07, 6.45) is 1.28. The van der Waals surface area contributed by atoms with Crippen molar-refractivity contribution in [2.45, 2.75) is 27.7 Å². The molecule has 0 saturated carbocycles. The predicted molar refractivity (Wildman–Crippen MR) is 46.4 cm³/mol. The van der Waals surface area contributed by atoms with Gasteiger partial charge in [0.2, 0.25) is 0 Å². The van der Waals surface area contributed by atoms with Gasteiger partial charge in [0, 0.05) is 5.92 Å². The fourth-order valence-corrected chi connectivity index (χ4v) is 0. The molecule has 0 bridgehead atoms. The van der Waals surface area contributed by atoms with E-state index in [0.29, 0.717) is 0 Å².